The van der Waals surface area contributed by atoms with Crippen molar-refractivity contribution in [2.75, 3.05) is 61.5 Å². The van der Waals surface area contributed by atoms with E-state index in [-0.39, 0.29) is 11.7 Å². The molecular formula is C25H32N6O3. The highest BCUT2D eigenvalue weighted by Crippen LogP contribution is 2.30. The molecule has 0 spiro atoms. The Kier molecular flexibility index (Phi) is 7.98. The normalized spacial score (nSPS) is 19.4. The number of pyridine rings is 1. The van der Waals surface area contributed by atoms with Gasteiger partial charge in [0, 0.05) is 51.4 Å². The van der Waals surface area contributed by atoms with Gasteiger partial charge in [0.2, 0.25) is 5.76 Å². The van der Waals surface area contributed by atoms with Crippen LogP contribution in [0.3, 0.4) is 0 Å². The second-order valence-corrected chi connectivity index (χ2v) is 8.23. The number of nitrogens with one attached hydrogen (secondary N) is 2. The van der Waals surface area contributed by atoms with E-state index in [4.69, 9.17) is 9.15 Å². The van der Waals surface area contributed by atoms with Gasteiger partial charge in [0.25, 0.3) is 11.9 Å². The van der Waals surface area contributed by atoms with Gasteiger partial charge < -0.3 is 29.6 Å². The first-order valence-electron chi connectivity index (χ1n) is 11.6. The monoisotopic (exact) mass is 464 g/mol. The number of ether oxygens (including phenoxy) is 1. The Bertz CT molecular complexity index is 1050. The lowest BCUT2D eigenvalue weighted by Crippen LogP contribution is -2.43. The maximum atomic E-state index is 12.9. The summed E-state index contributed by atoms with van der Waals surface area (Å²) in [5.74, 6) is 0.226. The molecule has 2 saturated heterocycles. The van der Waals surface area contributed by atoms with Crippen LogP contribution in [0.1, 0.15) is 23.9 Å². The average Bonchev–Trinajstić information content (AvgIpc) is 3.55. The van der Waals surface area contributed by atoms with Crippen molar-refractivity contribution >= 4 is 23.3 Å². The molecule has 2 aliphatic heterocycles. The molecule has 0 saturated carbocycles. The number of hydrogen-bond acceptors (Lipinski definition) is 8. The number of methoxy groups -OCH3 is 1. The third-order valence-corrected chi connectivity index (χ3v) is 6.10. The summed E-state index contributed by atoms with van der Waals surface area (Å²) in [5.41, 5.74) is 2.88. The maximum absolute atomic E-state index is 12.9. The maximum Gasteiger partial charge on any atom is 0.297 e. The minimum Gasteiger partial charge on any atom is -0.504 e. The highest BCUT2D eigenvalue weighted by Gasteiger charge is 2.28. The Morgan fingerprint density at radius 3 is 2.88 bits per heavy atom. The van der Waals surface area contributed by atoms with Crippen LogP contribution in [0.2, 0.25) is 0 Å². The molecule has 1 unspecified atom stereocenters. The SMILES string of the molecule is CC=C(C=CC=COC)C1CCN(c2ncc(C(=O)Nc3cnccc3N3CCNCC3)o2)C1. The van der Waals surface area contributed by atoms with E-state index in [0.29, 0.717) is 17.6 Å². The van der Waals surface area contributed by atoms with Gasteiger partial charge in [-0.2, -0.15) is 0 Å². The Hall–Kier alpha value is -3.59. The molecule has 0 bridgehead atoms. The van der Waals surface area contributed by atoms with Crippen LogP contribution in [0.25, 0.3) is 0 Å². The molecule has 34 heavy (non-hydrogen) atoms. The first kappa shape index (κ1) is 23.6. The molecule has 2 aliphatic rings. The number of carbonyl (C=O) groups is 1. The van der Waals surface area contributed by atoms with Gasteiger partial charge in [0.05, 0.1) is 37.1 Å². The number of nitrogens with zero attached hydrogens (tertiary/aromatic N) is 4. The predicted octanol–water partition coefficient (Wildman–Crippen LogP) is 3.22. The fourth-order valence-electron chi connectivity index (χ4n) is 4.33. The number of amides is 1. The van der Waals surface area contributed by atoms with Crippen LogP contribution in [-0.2, 0) is 4.74 Å². The zero-order valence-corrected chi connectivity index (χ0v) is 19.7. The van der Waals surface area contributed by atoms with Crippen molar-refractivity contribution in [3.63, 3.8) is 0 Å². The molecule has 2 aromatic heterocycles. The third-order valence-electron chi connectivity index (χ3n) is 6.10. The minimum absolute atomic E-state index is 0.185. The van der Waals surface area contributed by atoms with Crippen LogP contribution in [0, 0.1) is 5.92 Å². The van der Waals surface area contributed by atoms with Crippen LogP contribution in [0.5, 0.6) is 0 Å². The van der Waals surface area contributed by atoms with E-state index in [9.17, 15) is 4.79 Å². The van der Waals surface area contributed by atoms with Gasteiger partial charge in [0.1, 0.15) is 0 Å². The fraction of sp³-hybridized carbons (Fsp3) is 0.400. The Morgan fingerprint density at radius 1 is 1.24 bits per heavy atom. The number of hydrogen-bond donors (Lipinski definition) is 2. The molecule has 2 aromatic rings. The Morgan fingerprint density at radius 2 is 2.09 bits per heavy atom. The van der Waals surface area contributed by atoms with Crippen LogP contribution in [0.4, 0.5) is 17.4 Å². The summed E-state index contributed by atoms with van der Waals surface area (Å²) in [7, 11) is 1.63. The molecule has 1 atom stereocenters. The lowest BCUT2D eigenvalue weighted by atomic mass is 9.97. The molecule has 2 fully saturated rings. The van der Waals surface area contributed by atoms with Crippen molar-refractivity contribution in [3.8, 4) is 0 Å². The summed E-state index contributed by atoms with van der Waals surface area (Å²) in [4.78, 5) is 25.8. The lowest BCUT2D eigenvalue weighted by molar-refractivity contribution is 0.0997. The fourth-order valence-corrected chi connectivity index (χ4v) is 4.33. The number of oxazole rings is 1. The zero-order valence-electron chi connectivity index (χ0n) is 19.7. The molecule has 0 radical (unpaired) electrons. The summed E-state index contributed by atoms with van der Waals surface area (Å²) in [5, 5.41) is 6.29. The standard InChI is InChI=1S/C25H32N6O3/c1-3-19(6-4-5-15-33-2)20-8-12-31(18-20)25-28-17-23(34-25)24(32)29-21-16-27-9-7-22(21)30-13-10-26-11-14-30/h3-7,9,15-17,20,26H,8,10-14,18H2,1-2H3,(H,29,32). The van der Waals surface area contributed by atoms with Gasteiger partial charge in [-0.25, -0.2) is 4.98 Å². The van der Waals surface area contributed by atoms with E-state index in [0.717, 1.165) is 51.4 Å². The van der Waals surface area contributed by atoms with Crippen LogP contribution in [0.15, 0.2) is 65.2 Å². The number of carbonyl (C=O) groups excluding carboxylic acids is 1. The van der Waals surface area contributed by atoms with E-state index in [1.165, 1.54) is 11.8 Å². The highest BCUT2D eigenvalue weighted by molar-refractivity contribution is 6.04. The molecule has 0 aliphatic carbocycles. The smallest absolute Gasteiger partial charge is 0.297 e. The van der Waals surface area contributed by atoms with Crippen molar-refractivity contribution in [2.24, 2.45) is 5.92 Å². The quantitative estimate of drug-likeness (QED) is 0.454. The number of rotatable bonds is 8. The molecule has 0 aromatic carbocycles. The van der Waals surface area contributed by atoms with Crippen LogP contribution >= 0.6 is 0 Å². The minimum atomic E-state index is -0.333. The number of aromatic nitrogens is 2. The van der Waals surface area contributed by atoms with Gasteiger partial charge in [-0.05, 0) is 31.1 Å². The topological polar surface area (TPSA) is 95.8 Å². The second-order valence-electron chi connectivity index (χ2n) is 8.23. The molecule has 4 heterocycles. The van der Waals surface area contributed by atoms with Gasteiger partial charge >= 0.3 is 0 Å². The number of anilines is 3. The summed E-state index contributed by atoms with van der Waals surface area (Å²) in [6.07, 6.45) is 15.6. The molecule has 1 amide bonds. The van der Waals surface area contributed by atoms with Crippen molar-refractivity contribution in [1.29, 1.82) is 0 Å². The predicted molar refractivity (Wildman–Crippen MR) is 133 cm³/mol. The van der Waals surface area contributed by atoms with Gasteiger partial charge in [-0.15, -0.1) is 0 Å². The van der Waals surface area contributed by atoms with E-state index < -0.39 is 0 Å². The van der Waals surface area contributed by atoms with Crippen molar-refractivity contribution in [3.05, 3.63) is 66.6 Å². The molecule has 9 nitrogen and oxygen atoms in total. The summed E-state index contributed by atoms with van der Waals surface area (Å²) < 4.78 is 10.8. The molecule has 2 N–H and O–H groups in total. The second kappa shape index (κ2) is 11.5. The van der Waals surface area contributed by atoms with E-state index in [1.54, 1.807) is 25.8 Å². The van der Waals surface area contributed by atoms with Crippen LogP contribution < -0.4 is 20.4 Å². The summed E-state index contributed by atoms with van der Waals surface area (Å²) in [6, 6.07) is 2.40. The first-order valence-corrected chi connectivity index (χ1v) is 11.6. The Labute approximate surface area is 200 Å². The largest absolute Gasteiger partial charge is 0.504 e. The van der Waals surface area contributed by atoms with Gasteiger partial charge in [-0.3, -0.25) is 9.78 Å². The van der Waals surface area contributed by atoms with Crippen molar-refractivity contribution in [1.82, 2.24) is 15.3 Å². The zero-order chi connectivity index (χ0) is 23.8. The van der Waals surface area contributed by atoms with E-state index in [2.05, 4.69) is 42.6 Å². The van der Waals surface area contributed by atoms with Crippen LogP contribution in [-0.4, -0.2) is 62.3 Å². The molecule has 180 valence electrons. The first-order chi connectivity index (χ1) is 16.7. The average molecular weight is 465 g/mol. The van der Waals surface area contributed by atoms with Crippen molar-refractivity contribution < 1.29 is 13.9 Å². The molecule has 4 rings (SSSR count). The lowest BCUT2D eigenvalue weighted by Gasteiger charge is -2.30. The number of piperazine rings is 1. The van der Waals surface area contributed by atoms with E-state index >= 15 is 0 Å². The summed E-state index contributed by atoms with van der Waals surface area (Å²) >= 11 is 0. The highest BCUT2D eigenvalue weighted by atomic mass is 16.5. The van der Waals surface area contributed by atoms with Gasteiger partial charge in [-0.1, -0.05) is 18.2 Å². The molecule has 9 heteroatoms. The third kappa shape index (κ3) is 5.66. The van der Waals surface area contributed by atoms with Gasteiger partial charge in [0.15, 0.2) is 0 Å². The Balaban J connectivity index is 1.39. The van der Waals surface area contributed by atoms with E-state index in [1.807, 2.05) is 25.1 Å². The summed E-state index contributed by atoms with van der Waals surface area (Å²) in [6.45, 7) is 7.22. The molecular weight excluding hydrogens is 432 g/mol. The number of allylic oxidation sites excluding steroid dienone is 4. The van der Waals surface area contributed by atoms with Crippen molar-refractivity contribution in [2.45, 2.75) is 13.3 Å².